The van der Waals surface area contributed by atoms with Crippen molar-refractivity contribution < 1.29 is 36.3 Å². The van der Waals surface area contributed by atoms with Crippen molar-refractivity contribution in [2.45, 2.75) is 75.1 Å². The first-order valence-electron chi connectivity index (χ1n) is 13.3. The highest BCUT2D eigenvalue weighted by atomic mass is 32.2. The molecule has 4 atom stereocenters. The van der Waals surface area contributed by atoms with E-state index in [0.717, 1.165) is 12.3 Å². The summed E-state index contributed by atoms with van der Waals surface area (Å²) in [7, 11) is -3.84. The Kier molecular flexibility index (Phi) is 8.33. The Hall–Kier alpha value is -4.05. The topological polar surface area (TPSA) is 160 Å². The van der Waals surface area contributed by atoms with Gasteiger partial charge in [-0.1, -0.05) is 18.2 Å². The van der Waals surface area contributed by atoms with Gasteiger partial charge in [0.2, 0.25) is 11.8 Å². The SMILES string of the molecule is CC(C)(C)OC(=O)N1[C@@H]2CC[C@@H](C2)[C@H]1C(=O)N[C@@H](Cc1ccc(-c2ccc(C#N)c(S(C)(=O)=O)c2)c(F)c1F)C(N)=O. The van der Waals surface area contributed by atoms with Gasteiger partial charge in [-0.05, 0) is 69.2 Å². The summed E-state index contributed by atoms with van der Waals surface area (Å²) < 4.78 is 60.2. The van der Waals surface area contributed by atoms with Crippen molar-refractivity contribution in [2.24, 2.45) is 11.7 Å². The molecule has 1 aliphatic carbocycles. The Bertz CT molecular complexity index is 1600. The van der Waals surface area contributed by atoms with Crippen LogP contribution in [0.3, 0.4) is 0 Å². The molecule has 4 rings (SSSR count). The first-order chi connectivity index (χ1) is 19.5. The van der Waals surface area contributed by atoms with Gasteiger partial charge in [-0.2, -0.15) is 5.26 Å². The first-order valence-corrected chi connectivity index (χ1v) is 15.2. The predicted octanol–water partition coefficient (Wildman–Crippen LogP) is 3.21. The van der Waals surface area contributed by atoms with Gasteiger partial charge in [0.05, 0.1) is 10.5 Å². The third-order valence-corrected chi connectivity index (χ3v) is 8.65. The van der Waals surface area contributed by atoms with Gasteiger partial charge >= 0.3 is 6.09 Å². The highest BCUT2D eigenvalue weighted by Crippen LogP contribution is 2.43. The van der Waals surface area contributed by atoms with E-state index in [4.69, 9.17) is 10.5 Å². The Balaban J connectivity index is 1.57. The highest BCUT2D eigenvalue weighted by molar-refractivity contribution is 7.90. The molecule has 0 aromatic heterocycles. The van der Waals surface area contributed by atoms with Crippen molar-refractivity contribution in [3.63, 3.8) is 0 Å². The van der Waals surface area contributed by atoms with E-state index >= 15 is 8.78 Å². The van der Waals surface area contributed by atoms with Crippen LogP contribution >= 0.6 is 0 Å². The van der Waals surface area contributed by atoms with Gasteiger partial charge in [-0.15, -0.1) is 0 Å². The lowest BCUT2D eigenvalue weighted by Crippen LogP contribution is -2.57. The summed E-state index contributed by atoms with van der Waals surface area (Å²) in [6.45, 7) is 5.13. The van der Waals surface area contributed by atoms with E-state index in [1.807, 2.05) is 0 Å². The van der Waals surface area contributed by atoms with E-state index in [1.54, 1.807) is 26.8 Å². The van der Waals surface area contributed by atoms with Crippen LogP contribution in [0.5, 0.6) is 0 Å². The van der Waals surface area contributed by atoms with E-state index in [2.05, 4.69) is 5.32 Å². The molecule has 2 aromatic carbocycles. The second kappa shape index (κ2) is 11.3. The Labute approximate surface area is 242 Å². The highest BCUT2D eigenvalue weighted by Gasteiger charge is 2.52. The molecular weight excluding hydrogens is 570 g/mol. The van der Waals surface area contributed by atoms with Crippen LogP contribution in [0.2, 0.25) is 0 Å². The number of sulfone groups is 1. The van der Waals surface area contributed by atoms with Crippen LogP contribution in [0.15, 0.2) is 35.2 Å². The predicted molar refractivity (Wildman–Crippen MR) is 147 cm³/mol. The normalized spacial score (nSPS) is 20.6. The number of fused-ring (bicyclic) bond motifs is 2. The van der Waals surface area contributed by atoms with E-state index in [9.17, 15) is 28.1 Å². The van der Waals surface area contributed by atoms with Gasteiger partial charge in [-0.25, -0.2) is 22.0 Å². The minimum absolute atomic E-state index is 0.0237. The number of nitrogens with two attached hydrogens (primary N) is 1. The number of primary amides is 1. The molecule has 3 N–H and O–H groups in total. The summed E-state index contributed by atoms with van der Waals surface area (Å²) in [6, 6.07) is 5.26. The molecule has 42 heavy (non-hydrogen) atoms. The van der Waals surface area contributed by atoms with E-state index < -0.39 is 63.5 Å². The molecule has 2 aliphatic rings. The average Bonchev–Trinajstić information content (AvgIpc) is 3.51. The molecule has 2 bridgehead atoms. The zero-order valence-corrected chi connectivity index (χ0v) is 24.4. The van der Waals surface area contributed by atoms with Gasteiger partial charge in [0.15, 0.2) is 21.5 Å². The zero-order chi connectivity index (χ0) is 31.1. The molecule has 1 heterocycles. The molecule has 224 valence electrons. The number of piperidine rings is 1. The Morgan fingerprint density at radius 2 is 1.86 bits per heavy atom. The maximum absolute atomic E-state index is 15.3. The van der Waals surface area contributed by atoms with Crippen molar-refractivity contribution in [3.05, 3.63) is 53.1 Å². The number of nitrogens with one attached hydrogen (secondary N) is 1. The molecule has 2 aromatic rings. The number of carbonyl (C=O) groups is 3. The monoisotopic (exact) mass is 602 g/mol. The summed E-state index contributed by atoms with van der Waals surface area (Å²) >= 11 is 0. The zero-order valence-electron chi connectivity index (χ0n) is 23.6. The largest absolute Gasteiger partial charge is 0.444 e. The fourth-order valence-corrected chi connectivity index (χ4v) is 6.52. The van der Waals surface area contributed by atoms with Crippen LogP contribution in [0, 0.1) is 28.9 Å². The van der Waals surface area contributed by atoms with Gasteiger partial charge in [-0.3, -0.25) is 14.5 Å². The van der Waals surface area contributed by atoms with E-state index in [1.165, 1.54) is 29.2 Å². The summed E-state index contributed by atoms with van der Waals surface area (Å²) in [4.78, 5) is 39.6. The van der Waals surface area contributed by atoms with Crippen molar-refractivity contribution in [1.82, 2.24) is 10.2 Å². The first kappa shape index (κ1) is 30.9. The average molecular weight is 603 g/mol. The van der Waals surface area contributed by atoms with Crippen LogP contribution in [0.1, 0.15) is 51.2 Å². The lowest BCUT2D eigenvalue weighted by molar-refractivity contribution is -0.132. The number of rotatable bonds is 7. The van der Waals surface area contributed by atoms with Crippen LogP contribution in [-0.4, -0.2) is 61.2 Å². The quantitative estimate of drug-likeness (QED) is 0.492. The molecular formula is C29H32F2N4O6S. The number of nitriles is 1. The second-order valence-electron chi connectivity index (χ2n) is 11.7. The lowest BCUT2D eigenvalue weighted by Gasteiger charge is -2.36. The lowest BCUT2D eigenvalue weighted by atomic mass is 9.96. The molecule has 3 amide bonds. The third kappa shape index (κ3) is 6.23. The van der Waals surface area contributed by atoms with E-state index in [0.29, 0.717) is 19.3 Å². The number of amides is 3. The molecule has 0 radical (unpaired) electrons. The number of halogens is 2. The fraction of sp³-hybridized carbons (Fsp3) is 0.448. The van der Waals surface area contributed by atoms with Crippen molar-refractivity contribution in [1.29, 1.82) is 5.26 Å². The van der Waals surface area contributed by atoms with Gasteiger partial charge in [0.25, 0.3) is 0 Å². The molecule has 10 nitrogen and oxygen atoms in total. The molecule has 1 saturated heterocycles. The Morgan fingerprint density at radius 3 is 2.45 bits per heavy atom. The molecule has 13 heteroatoms. The van der Waals surface area contributed by atoms with Crippen LogP contribution < -0.4 is 11.1 Å². The maximum Gasteiger partial charge on any atom is 0.411 e. The van der Waals surface area contributed by atoms with Gasteiger partial charge in [0, 0.05) is 24.3 Å². The molecule has 0 unspecified atom stereocenters. The minimum Gasteiger partial charge on any atom is -0.444 e. The number of nitrogens with zero attached hydrogens (tertiary/aromatic N) is 2. The molecule has 2 fully saturated rings. The molecule has 0 spiro atoms. The smallest absolute Gasteiger partial charge is 0.411 e. The maximum atomic E-state index is 15.3. The van der Waals surface area contributed by atoms with Gasteiger partial charge < -0.3 is 15.8 Å². The number of carbonyl (C=O) groups excluding carboxylic acids is 3. The number of benzene rings is 2. The van der Waals surface area contributed by atoms with Crippen molar-refractivity contribution >= 4 is 27.7 Å². The second-order valence-corrected chi connectivity index (χ2v) is 13.7. The Morgan fingerprint density at radius 1 is 1.17 bits per heavy atom. The van der Waals surface area contributed by atoms with Crippen LogP contribution in [0.25, 0.3) is 11.1 Å². The van der Waals surface area contributed by atoms with Crippen LogP contribution in [0.4, 0.5) is 13.6 Å². The third-order valence-electron chi connectivity index (χ3n) is 7.52. The van der Waals surface area contributed by atoms with Crippen LogP contribution in [-0.2, 0) is 30.6 Å². The molecule has 1 saturated carbocycles. The summed E-state index contributed by atoms with van der Waals surface area (Å²) in [5.74, 6) is -4.39. The summed E-state index contributed by atoms with van der Waals surface area (Å²) in [6.07, 6.45) is 1.82. The summed E-state index contributed by atoms with van der Waals surface area (Å²) in [5.41, 5.74) is 4.10. The molecule has 1 aliphatic heterocycles. The number of likely N-dealkylation sites (tertiary alicyclic amines) is 1. The standard InChI is InChI=1S/C29H32F2N4O6S/c1-29(2,3)41-28(38)35-19-9-7-17(11-19)25(35)27(37)34-21(26(33)36)12-16-8-10-20(24(31)23(16)30)15-5-6-18(14-32)22(13-15)42(4,39)40/h5-6,8,10,13,17,19,21,25H,7,9,11-12H2,1-4H3,(H2,33,36)(H,34,37)/t17-,19+,21-,25-/m0/s1. The van der Waals surface area contributed by atoms with Crippen molar-refractivity contribution in [2.75, 3.05) is 6.26 Å². The van der Waals surface area contributed by atoms with Crippen molar-refractivity contribution in [3.8, 4) is 17.2 Å². The number of ether oxygens (including phenoxy) is 1. The fourth-order valence-electron chi connectivity index (χ4n) is 5.66. The van der Waals surface area contributed by atoms with Gasteiger partial charge in [0.1, 0.15) is 23.8 Å². The summed E-state index contributed by atoms with van der Waals surface area (Å²) in [5, 5.41) is 11.7. The number of hydrogen-bond donors (Lipinski definition) is 2. The number of hydrogen-bond acceptors (Lipinski definition) is 7. The minimum atomic E-state index is -3.84. The van der Waals surface area contributed by atoms with E-state index in [-0.39, 0.29) is 39.1 Å².